The Morgan fingerprint density at radius 2 is 0.943 bits per heavy atom. The zero-order chi connectivity index (χ0) is 39.5. The van der Waals surface area contributed by atoms with Gasteiger partial charge in [-0.05, 0) is 105 Å². The zero-order valence-electron chi connectivity index (χ0n) is 35.7. The highest BCUT2D eigenvalue weighted by Crippen LogP contribution is 2.38. The molecule has 0 fully saturated rings. The molecule has 0 spiro atoms. The first kappa shape index (κ1) is 51.1. The molecule has 0 aliphatic heterocycles. The molecule has 0 heterocycles. The van der Waals surface area contributed by atoms with E-state index in [1.807, 2.05) is 27.7 Å². The van der Waals surface area contributed by atoms with Gasteiger partial charge in [0.25, 0.3) is 10.1 Å². The van der Waals surface area contributed by atoms with Crippen LogP contribution in [0.4, 0.5) is 4.79 Å². The van der Waals surface area contributed by atoms with Crippen LogP contribution in [0.2, 0.25) is 0 Å². The fourth-order valence-electron chi connectivity index (χ4n) is 6.71. The predicted octanol–water partition coefficient (Wildman–Crippen LogP) is 14.3. The van der Waals surface area contributed by atoms with Crippen molar-refractivity contribution in [2.75, 3.05) is 12.8 Å². The van der Waals surface area contributed by atoms with Crippen LogP contribution in [-0.2, 0) is 19.0 Å². The summed E-state index contributed by atoms with van der Waals surface area (Å²) in [4.78, 5) is 12.8. The predicted molar refractivity (Wildman–Crippen MR) is 230 cm³/mol. The summed E-state index contributed by atoms with van der Waals surface area (Å²) in [5.41, 5.74) is -1.10. The van der Waals surface area contributed by atoms with E-state index in [4.69, 9.17) is 8.92 Å². The van der Waals surface area contributed by atoms with Gasteiger partial charge in [-0.25, -0.2) is 4.79 Å². The van der Waals surface area contributed by atoms with E-state index in [-0.39, 0.29) is 0 Å². The number of carbonyl (C=O) groups excluding carboxylic acids is 1. The molecule has 0 saturated carbocycles. The number of allylic oxidation sites excluding steroid dienone is 8. The summed E-state index contributed by atoms with van der Waals surface area (Å²) in [6.45, 7) is 12.2. The maximum absolute atomic E-state index is 12.8. The lowest BCUT2D eigenvalue weighted by atomic mass is 9.73. The smallest absolute Gasteiger partial charge is 0.407 e. The average Bonchev–Trinajstić information content (AvgIpc) is 3.08. The molecule has 1 atom stereocenters. The molecule has 6 nitrogen and oxygen atoms in total. The van der Waals surface area contributed by atoms with Crippen LogP contribution in [0.3, 0.4) is 0 Å². The second-order valence-electron chi connectivity index (χ2n) is 16.3. The summed E-state index contributed by atoms with van der Waals surface area (Å²) in [5.74, 6) is 0. The molecular weight excluding hydrogens is 679 g/mol. The number of ether oxygens (including phenoxy) is 1. The third-order valence-corrected chi connectivity index (χ3v) is 10.6. The van der Waals surface area contributed by atoms with Crippen molar-refractivity contribution in [2.24, 2.45) is 5.41 Å². The standard InChI is InChI=1S/C46H85NO5S/c1-8-10-12-14-16-18-20-22-24-26-28-30-32-34-36-38-40-46(43(3)52-53(7,49)50,42-47-44(48)51-45(4,5)6)41-39-37-35-33-31-29-27-25-23-21-19-17-15-13-11-9-2/h16-19,22-25,43H,8-15,20-21,26-42H2,1-7H3,(H,47,48)/b18-16-,19-17-,24-22-,25-23-. The van der Waals surface area contributed by atoms with Gasteiger partial charge in [-0.2, -0.15) is 8.42 Å². The summed E-state index contributed by atoms with van der Waals surface area (Å²) in [5, 5.41) is 3.00. The molecule has 0 aromatic heterocycles. The van der Waals surface area contributed by atoms with Crippen LogP contribution in [0.25, 0.3) is 0 Å². The quantitative estimate of drug-likeness (QED) is 0.0395. The molecule has 1 amide bonds. The van der Waals surface area contributed by atoms with Crippen LogP contribution >= 0.6 is 0 Å². The Kier molecular flexibility index (Phi) is 32.3. The van der Waals surface area contributed by atoms with Crippen LogP contribution < -0.4 is 5.32 Å². The molecule has 0 saturated heterocycles. The molecular formula is C46H85NO5S. The molecule has 53 heavy (non-hydrogen) atoms. The van der Waals surface area contributed by atoms with Crippen LogP contribution in [0.15, 0.2) is 48.6 Å². The highest BCUT2D eigenvalue weighted by atomic mass is 32.2. The summed E-state index contributed by atoms with van der Waals surface area (Å²) in [6, 6.07) is 0. The van der Waals surface area contributed by atoms with Crippen molar-refractivity contribution < 1.29 is 22.1 Å². The monoisotopic (exact) mass is 764 g/mol. The molecule has 1 unspecified atom stereocenters. The van der Waals surface area contributed by atoms with Gasteiger partial charge >= 0.3 is 6.09 Å². The number of carbonyl (C=O) groups is 1. The highest BCUT2D eigenvalue weighted by Gasteiger charge is 2.39. The normalized spacial score (nSPS) is 13.6. The van der Waals surface area contributed by atoms with E-state index < -0.39 is 33.3 Å². The minimum absolute atomic E-state index is 0.332. The second-order valence-corrected chi connectivity index (χ2v) is 17.9. The summed E-state index contributed by atoms with van der Waals surface area (Å²) in [7, 11) is -3.66. The van der Waals surface area contributed by atoms with Gasteiger partial charge in [0, 0.05) is 12.0 Å². The minimum Gasteiger partial charge on any atom is -0.444 e. The summed E-state index contributed by atoms with van der Waals surface area (Å²) < 4.78 is 35.8. The number of hydrogen-bond acceptors (Lipinski definition) is 5. The molecule has 1 N–H and O–H groups in total. The van der Waals surface area contributed by atoms with E-state index in [0.29, 0.717) is 6.54 Å². The largest absolute Gasteiger partial charge is 0.444 e. The Morgan fingerprint density at radius 1 is 0.585 bits per heavy atom. The molecule has 0 aliphatic carbocycles. The van der Waals surface area contributed by atoms with Gasteiger partial charge in [-0.1, -0.05) is 152 Å². The number of nitrogens with one attached hydrogen (secondary N) is 1. The van der Waals surface area contributed by atoms with Crippen LogP contribution in [0.1, 0.15) is 208 Å². The van der Waals surface area contributed by atoms with Crippen molar-refractivity contribution in [1.29, 1.82) is 0 Å². The lowest BCUT2D eigenvalue weighted by Gasteiger charge is -2.39. The Hall–Kier alpha value is -1.86. The van der Waals surface area contributed by atoms with E-state index >= 15 is 0 Å². The summed E-state index contributed by atoms with van der Waals surface area (Å²) >= 11 is 0. The average molecular weight is 764 g/mol. The molecule has 0 rings (SSSR count). The molecule has 0 aromatic carbocycles. The fourth-order valence-corrected chi connectivity index (χ4v) is 7.44. The number of unbranched alkanes of at least 4 members (excludes halogenated alkanes) is 18. The van der Waals surface area contributed by atoms with E-state index in [0.717, 1.165) is 83.3 Å². The molecule has 0 radical (unpaired) electrons. The van der Waals surface area contributed by atoms with Crippen LogP contribution in [0.5, 0.6) is 0 Å². The molecule has 310 valence electrons. The number of rotatable bonds is 35. The van der Waals surface area contributed by atoms with Crippen LogP contribution in [0, 0.1) is 5.41 Å². The third-order valence-electron chi connectivity index (χ3n) is 9.92. The zero-order valence-corrected chi connectivity index (χ0v) is 36.6. The van der Waals surface area contributed by atoms with Gasteiger partial charge in [0.05, 0.1) is 12.4 Å². The van der Waals surface area contributed by atoms with E-state index in [9.17, 15) is 13.2 Å². The summed E-state index contributed by atoms with van der Waals surface area (Å²) in [6.07, 6.45) is 48.4. The van der Waals surface area contributed by atoms with Crippen LogP contribution in [-0.4, -0.2) is 39.0 Å². The fraction of sp³-hybridized carbons (Fsp3) is 0.804. The lowest BCUT2D eigenvalue weighted by molar-refractivity contribution is 0.0283. The molecule has 0 bridgehead atoms. The SMILES string of the molecule is CCCCC/C=C\C/C=C\CCCCCCCCC(CCCCCCCC/C=C\C/C=C\CCCCC)(CNC(=O)OC(C)(C)C)C(C)OS(C)(=O)=O. The minimum atomic E-state index is -3.66. The van der Waals surface area contributed by atoms with Gasteiger partial charge in [0.1, 0.15) is 5.60 Å². The van der Waals surface area contributed by atoms with Crippen molar-refractivity contribution in [2.45, 2.75) is 220 Å². The van der Waals surface area contributed by atoms with Crippen molar-refractivity contribution >= 4 is 16.2 Å². The second kappa shape index (κ2) is 33.5. The Balaban J connectivity index is 4.92. The number of hydrogen-bond donors (Lipinski definition) is 1. The van der Waals surface area contributed by atoms with Gasteiger partial charge in [-0.3, -0.25) is 4.18 Å². The lowest BCUT2D eigenvalue weighted by Crippen LogP contribution is -2.47. The number of amides is 1. The first-order valence-corrected chi connectivity index (χ1v) is 23.6. The molecule has 0 aromatic rings. The van der Waals surface area contributed by atoms with Crippen molar-refractivity contribution in [3.63, 3.8) is 0 Å². The van der Waals surface area contributed by atoms with Crippen molar-refractivity contribution in [3.8, 4) is 0 Å². The van der Waals surface area contributed by atoms with E-state index in [2.05, 4.69) is 67.8 Å². The van der Waals surface area contributed by atoms with Gasteiger partial charge in [0.15, 0.2) is 0 Å². The number of alkyl carbamates (subject to hydrolysis) is 1. The Bertz CT molecular complexity index is 1040. The van der Waals surface area contributed by atoms with Crippen molar-refractivity contribution in [1.82, 2.24) is 5.32 Å². The van der Waals surface area contributed by atoms with Gasteiger partial charge in [0.2, 0.25) is 0 Å². The maximum Gasteiger partial charge on any atom is 0.407 e. The molecule has 0 aliphatic rings. The van der Waals surface area contributed by atoms with Gasteiger partial charge in [-0.15, -0.1) is 0 Å². The first-order valence-electron chi connectivity index (χ1n) is 21.8. The van der Waals surface area contributed by atoms with Crippen molar-refractivity contribution in [3.05, 3.63) is 48.6 Å². The Morgan fingerprint density at radius 3 is 1.30 bits per heavy atom. The Labute approximate surface area is 329 Å². The van der Waals surface area contributed by atoms with E-state index in [1.165, 1.54) is 89.9 Å². The first-order chi connectivity index (χ1) is 25.4. The highest BCUT2D eigenvalue weighted by molar-refractivity contribution is 7.86. The van der Waals surface area contributed by atoms with E-state index in [1.54, 1.807) is 0 Å². The van der Waals surface area contributed by atoms with Gasteiger partial charge < -0.3 is 10.1 Å². The maximum atomic E-state index is 12.8. The topological polar surface area (TPSA) is 81.7 Å². The molecule has 7 heteroatoms. The third kappa shape index (κ3) is 34.4.